The summed E-state index contributed by atoms with van der Waals surface area (Å²) in [7, 11) is 4.60. The second-order valence-corrected chi connectivity index (χ2v) is 13.1. The van der Waals surface area contributed by atoms with E-state index in [-0.39, 0.29) is 24.3 Å². The van der Waals surface area contributed by atoms with Gasteiger partial charge in [-0.2, -0.15) is 0 Å². The molecule has 0 spiro atoms. The van der Waals surface area contributed by atoms with Crippen molar-refractivity contribution in [2.24, 2.45) is 4.99 Å². The number of hydrogen-bond donors (Lipinski definition) is 0. The molecule has 0 amide bonds. The van der Waals surface area contributed by atoms with Gasteiger partial charge in [-0.3, -0.25) is 9.36 Å². The fraction of sp³-hybridized carbons (Fsp3) is 0.242. The van der Waals surface area contributed by atoms with Gasteiger partial charge in [0.05, 0.1) is 54.3 Å². The molecule has 1 aromatic heterocycles. The predicted molar refractivity (Wildman–Crippen MR) is 184 cm³/mol. The molecule has 240 valence electrons. The molecule has 0 saturated carbocycles. The molecule has 0 unspecified atom stereocenters. The molecule has 9 nitrogen and oxygen atoms in total. The van der Waals surface area contributed by atoms with E-state index < -0.39 is 12.0 Å². The highest BCUT2D eigenvalue weighted by Gasteiger charge is 2.35. The summed E-state index contributed by atoms with van der Waals surface area (Å²) in [4.78, 5) is 32.6. The van der Waals surface area contributed by atoms with E-state index in [1.54, 1.807) is 51.3 Å². The standard InChI is InChI=1S/C33H29Br2ClN2O7S/c1-6-44-32(40)28-17(2)37-33-38(29(28)21-14-24(41-3)25(42-4)15-22(21)34)31(39)27(46-33)13-19-11-23(35)30(26(12-19)43-5)45-16-18-8-7-9-20(36)10-18/h7-15,29H,6,16H2,1-5H3/b27-13-/t29-/m1/s1. The van der Waals surface area contributed by atoms with Crippen molar-refractivity contribution >= 4 is 66.8 Å². The Morgan fingerprint density at radius 3 is 2.41 bits per heavy atom. The molecule has 1 atom stereocenters. The highest BCUT2D eigenvalue weighted by Crippen LogP contribution is 2.41. The number of carbonyl (C=O) groups excluding carboxylic acids is 1. The highest BCUT2D eigenvalue weighted by atomic mass is 79.9. The molecule has 0 radical (unpaired) electrons. The van der Waals surface area contributed by atoms with Crippen molar-refractivity contribution in [1.29, 1.82) is 0 Å². The average Bonchev–Trinajstić information content (AvgIpc) is 3.33. The van der Waals surface area contributed by atoms with E-state index in [0.717, 1.165) is 5.56 Å². The van der Waals surface area contributed by atoms with Crippen molar-refractivity contribution in [1.82, 2.24) is 4.57 Å². The van der Waals surface area contributed by atoms with Gasteiger partial charge in [0.15, 0.2) is 27.8 Å². The lowest BCUT2D eigenvalue weighted by Crippen LogP contribution is -2.40. The van der Waals surface area contributed by atoms with Crippen molar-refractivity contribution in [2.75, 3.05) is 27.9 Å². The SMILES string of the molecule is CCOC(=O)C1=C(C)N=c2s/c(=C\c3cc(Br)c(OCc4cccc(Cl)c4)c(OC)c3)c(=O)n2[C@@H]1c1cc(OC)c(OC)cc1Br. The minimum Gasteiger partial charge on any atom is -0.493 e. The number of fused-ring (bicyclic) bond motifs is 1. The van der Waals surface area contributed by atoms with E-state index >= 15 is 0 Å². The lowest BCUT2D eigenvalue weighted by atomic mass is 9.95. The first-order chi connectivity index (χ1) is 22.1. The summed E-state index contributed by atoms with van der Waals surface area (Å²) >= 11 is 14.6. The van der Waals surface area contributed by atoms with Crippen molar-refractivity contribution in [2.45, 2.75) is 26.5 Å². The summed E-state index contributed by atoms with van der Waals surface area (Å²) in [6, 6.07) is 13.7. The lowest BCUT2D eigenvalue weighted by Gasteiger charge is -2.26. The topological polar surface area (TPSA) is 97.6 Å². The zero-order valence-corrected chi connectivity index (χ0v) is 30.2. The van der Waals surface area contributed by atoms with Crippen molar-refractivity contribution in [3.8, 4) is 23.0 Å². The normalized spacial score (nSPS) is 14.4. The first kappa shape index (κ1) is 33.8. The van der Waals surface area contributed by atoms with E-state index in [2.05, 4.69) is 36.9 Å². The summed E-state index contributed by atoms with van der Waals surface area (Å²) in [5, 5.41) is 0.620. The van der Waals surface area contributed by atoms with Gasteiger partial charge in [-0.15, -0.1) is 0 Å². The molecule has 0 saturated heterocycles. The van der Waals surface area contributed by atoms with Crippen LogP contribution in [0, 0.1) is 0 Å². The smallest absolute Gasteiger partial charge is 0.338 e. The van der Waals surface area contributed by atoms with Crippen LogP contribution in [0.2, 0.25) is 5.02 Å². The van der Waals surface area contributed by atoms with E-state index in [4.69, 9.17) is 35.3 Å². The fourth-order valence-electron chi connectivity index (χ4n) is 5.06. The maximum atomic E-state index is 14.2. The number of methoxy groups -OCH3 is 3. The third kappa shape index (κ3) is 6.76. The number of ether oxygens (including phenoxy) is 5. The van der Waals surface area contributed by atoms with E-state index in [1.165, 1.54) is 30.1 Å². The molecule has 5 rings (SSSR count). The first-order valence-corrected chi connectivity index (χ1v) is 16.7. The minimum absolute atomic E-state index is 0.162. The van der Waals surface area contributed by atoms with Crippen molar-refractivity contribution < 1.29 is 28.5 Å². The van der Waals surface area contributed by atoms with Crippen LogP contribution in [0.1, 0.15) is 36.6 Å². The molecule has 0 bridgehead atoms. The van der Waals surface area contributed by atoms with Crippen molar-refractivity contribution in [3.05, 3.63) is 110 Å². The second kappa shape index (κ2) is 14.5. The quantitative estimate of drug-likeness (QED) is 0.168. The Kier molecular flexibility index (Phi) is 10.6. The Morgan fingerprint density at radius 1 is 1.02 bits per heavy atom. The monoisotopic (exact) mass is 790 g/mol. The van der Waals surface area contributed by atoms with E-state index in [1.807, 2.05) is 24.3 Å². The second-order valence-electron chi connectivity index (χ2n) is 9.98. The van der Waals surface area contributed by atoms with Crippen LogP contribution < -0.4 is 33.8 Å². The number of benzene rings is 3. The van der Waals surface area contributed by atoms with Crippen LogP contribution in [0.25, 0.3) is 6.08 Å². The number of rotatable bonds is 10. The fourth-order valence-corrected chi connectivity index (χ4v) is 7.43. The number of esters is 1. The van der Waals surface area contributed by atoms with Gasteiger partial charge in [0.1, 0.15) is 6.61 Å². The Hall–Kier alpha value is -3.58. The lowest BCUT2D eigenvalue weighted by molar-refractivity contribution is -0.139. The Labute approximate surface area is 290 Å². The van der Waals surface area contributed by atoms with Gasteiger partial charge < -0.3 is 23.7 Å². The molecular weight excluding hydrogens is 764 g/mol. The van der Waals surface area contributed by atoms with Gasteiger partial charge in [0, 0.05) is 9.50 Å². The van der Waals surface area contributed by atoms with Crippen LogP contribution in [0.15, 0.2) is 78.5 Å². The van der Waals surface area contributed by atoms with E-state index in [9.17, 15) is 9.59 Å². The first-order valence-electron chi connectivity index (χ1n) is 14.0. The van der Waals surface area contributed by atoms with Gasteiger partial charge in [0.25, 0.3) is 5.56 Å². The van der Waals surface area contributed by atoms with Crippen LogP contribution in [-0.4, -0.2) is 38.5 Å². The zero-order chi connectivity index (χ0) is 33.1. The summed E-state index contributed by atoms with van der Waals surface area (Å²) in [6.45, 7) is 3.90. The summed E-state index contributed by atoms with van der Waals surface area (Å²) in [5.74, 6) is 1.35. The Morgan fingerprint density at radius 2 is 1.74 bits per heavy atom. The molecule has 2 heterocycles. The number of hydrogen-bond acceptors (Lipinski definition) is 9. The largest absolute Gasteiger partial charge is 0.493 e. The molecule has 0 aliphatic carbocycles. The third-order valence-electron chi connectivity index (χ3n) is 7.14. The summed E-state index contributed by atoms with van der Waals surface area (Å²) in [5.41, 5.74) is 2.56. The number of allylic oxidation sites excluding steroid dienone is 1. The molecule has 46 heavy (non-hydrogen) atoms. The van der Waals surface area contributed by atoms with E-state index in [0.29, 0.717) is 63.1 Å². The number of nitrogens with zero attached hydrogens (tertiary/aromatic N) is 2. The zero-order valence-electron chi connectivity index (χ0n) is 25.5. The molecule has 0 fully saturated rings. The van der Waals surface area contributed by atoms with Crippen LogP contribution in [0.3, 0.4) is 0 Å². The molecule has 4 aromatic rings. The Bertz CT molecular complexity index is 2040. The van der Waals surface area contributed by atoms with Crippen LogP contribution in [0.5, 0.6) is 23.0 Å². The molecule has 13 heteroatoms. The minimum atomic E-state index is -0.852. The molecule has 1 aliphatic rings. The highest BCUT2D eigenvalue weighted by molar-refractivity contribution is 9.10. The van der Waals surface area contributed by atoms with Gasteiger partial charge in [-0.25, -0.2) is 9.79 Å². The van der Waals surface area contributed by atoms with Crippen LogP contribution >= 0.6 is 54.8 Å². The average molecular weight is 793 g/mol. The Balaban J connectivity index is 1.62. The molecule has 0 N–H and O–H groups in total. The third-order valence-corrected chi connectivity index (χ3v) is 9.63. The van der Waals surface area contributed by atoms with Crippen LogP contribution in [0.4, 0.5) is 0 Å². The number of thiazole rings is 1. The van der Waals surface area contributed by atoms with Gasteiger partial charge in [0.2, 0.25) is 0 Å². The van der Waals surface area contributed by atoms with Gasteiger partial charge in [-0.1, -0.05) is 51.0 Å². The molecule has 3 aromatic carbocycles. The number of carbonyl (C=O) groups is 1. The summed E-state index contributed by atoms with van der Waals surface area (Å²) < 4.78 is 31.3. The maximum Gasteiger partial charge on any atom is 0.338 e. The molecule has 1 aliphatic heterocycles. The summed E-state index contributed by atoms with van der Waals surface area (Å²) in [6.07, 6.45) is 1.75. The van der Waals surface area contributed by atoms with Gasteiger partial charge >= 0.3 is 5.97 Å². The van der Waals surface area contributed by atoms with Crippen LogP contribution in [-0.2, 0) is 16.1 Å². The number of halogens is 3. The molecular formula is C33H29Br2ClN2O7S. The maximum absolute atomic E-state index is 14.2. The predicted octanol–water partition coefficient (Wildman–Crippen LogP) is 6.58. The van der Waals surface area contributed by atoms with Gasteiger partial charge in [-0.05, 0) is 88.9 Å². The number of aromatic nitrogens is 1. The van der Waals surface area contributed by atoms with Crippen molar-refractivity contribution in [3.63, 3.8) is 0 Å².